The third-order valence-electron chi connectivity index (χ3n) is 1.90. The number of rotatable bonds is 3. The first-order valence-electron chi connectivity index (χ1n) is 4.11. The van der Waals surface area contributed by atoms with Crippen molar-refractivity contribution in [3.05, 3.63) is 21.5 Å². The van der Waals surface area contributed by atoms with Crippen molar-refractivity contribution in [2.45, 2.75) is 27.3 Å². The molecule has 1 rings (SSSR count). The van der Waals surface area contributed by atoms with Crippen LogP contribution in [0, 0.1) is 24.0 Å². The lowest BCUT2D eigenvalue weighted by atomic mass is 10.3. The van der Waals surface area contributed by atoms with Crippen molar-refractivity contribution in [2.24, 2.45) is 0 Å². The number of ketones is 1. The van der Waals surface area contributed by atoms with E-state index in [1.54, 1.807) is 13.8 Å². The molecule has 0 unspecified atom stereocenters. The van der Waals surface area contributed by atoms with Crippen molar-refractivity contribution in [3.63, 3.8) is 0 Å². The van der Waals surface area contributed by atoms with Gasteiger partial charge in [-0.05, 0) is 20.8 Å². The highest BCUT2D eigenvalue weighted by molar-refractivity contribution is 5.75. The van der Waals surface area contributed by atoms with E-state index in [4.69, 9.17) is 0 Å². The van der Waals surface area contributed by atoms with E-state index in [0.717, 1.165) is 0 Å². The molecule has 0 aromatic carbocycles. The molecular formula is C8H11N3O3. The maximum absolute atomic E-state index is 10.8. The molecule has 0 aliphatic rings. The SMILES string of the molecule is CC(=O)Cn1nc(C)c([N+](=O)[O-])c1C. The van der Waals surface area contributed by atoms with Crippen LogP contribution in [0.2, 0.25) is 0 Å². The second-order valence-corrected chi connectivity index (χ2v) is 3.14. The number of carbonyl (C=O) groups is 1. The van der Waals surface area contributed by atoms with Crippen molar-refractivity contribution in [1.29, 1.82) is 0 Å². The van der Waals surface area contributed by atoms with Gasteiger partial charge in [-0.25, -0.2) is 0 Å². The molecule has 0 aliphatic heterocycles. The van der Waals surface area contributed by atoms with Crippen LogP contribution in [0.1, 0.15) is 18.3 Å². The first-order chi connectivity index (χ1) is 6.43. The summed E-state index contributed by atoms with van der Waals surface area (Å²) in [7, 11) is 0. The zero-order chi connectivity index (χ0) is 10.9. The fourth-order valence-corrected chi connectivity index (χ4v) is 1.32. The van der Waals surface area contributed by atoms with Crippen LogP contribution >= 0.6 is 0 Å². The normalized spacial score (nSPS) is 10.2. The van der Waals surface area contributed by atoms with Gasteiger partial charge in [-0.1, -0.05) is 0 Å². The highest BCUT2D eigenvalue weighted by Gasteiger charge is 2.21. The summed E-state index contributed by atoms with van der Waals surface area (Å²) in [5.74, 6) is -0.0782. The number of nitrogens with zero attached hydrogens (tertiary/aromatic N) is 3. The van der Waals surface area contributed by atoms with Gasteiger partial charge >= 0.3 is 5.69 Å². The Balaban J connectivity index is 3.16. The topological polar surface area (TPSA) is 78.0 Å². The number of nitro groups is 1. The van der Waals surface area contributed by atoms with Crippen LogP contribution < -0.4 is 0 Å². The van der Waals surface area contributed by atoms with E-state index in [1.807, 2.05) is 0 Å². The molecule has 6 nitrogen and oxygen atoms in total. The van der Waals surface area contributed by atoms with Gasteiger partial charge in [0.1, 0.15) is 11.4 Å². The third kappa shape index (κ3) is 1.78. The highest BCUT2D eigenvalue weighted by Crippen LogP contribution is 2.21. The smallest absolute Gasteiger partial charge is 0.298 e. The van der Waals surface area contributed by atoms with Crippen LogP contribution in [-0.2, 0) is 11.3 Å². The van der Waals surface area contributed by atoms with Crippen molar-refractivity contribution < 1.29 is 9.72 Å². The van der Waals surface area contributed by atoms with Gasteiger partial charge < -0.3 is 0 Å². The minimum absolute atomic E-state index is 0.00810. The summed E-state index contributed by atoms with van der Waals surface area (Å²) in [6.45, 7) is 4.64. The third-order valence-corrected chi connectivity index (χ3v) is 1.90. The molecule has 0 saturated heterocycles. The summed E-state index contributed by atoms with van der Waals surface area (Å²) < 4.78 is 1.36. The van der Waals surface area contributed by atoms with Gasteiger partial charge in [-0.2, -0.15) is 5.10 Å². The lowest BCUT2D eigenvalue weighted by Gasteiger charge is -1.98. The van der Waals surface area contributed by atoms with E-state index in [-0.39, 0.29) is 18.0 Å². The van der Waals surface area contributed by atoms with Crippen molar-refractivity contribution in [1.82, 2.24) is 9.78 Å². The molecule has 0 N–H and O–H groups in total. The van der Waals surface area contributed by atoms with Crippen LogP contribution in [0.15, 0.2) is 0 Å². The van der Waals surface area contributed by atoms with Gasteiger partial charge in [0.05, 0.1) is 11.5 Å². The predicted octanol–water partition coefficient (Wildman–Crippen LogP) is 0.997. The number of hydrogen-bond acceptors (Lipinski definition) is 4. The molecule has 0 radical (unpaired) electrons. The molecule has 1 aromatic heterocycles. The van der Waals surface area contributed by atoms with E-state index >= 15 is 0 Å². The maximum Gasteiger partial charge on any atom is 0.312 e. The van der Waals surface area contributed by atoms with Crippen LogP contribution in [0.4, 0.5) is 5.69 Å². The Hall–Kier alpha value is -1.72. The maximum atomic E-state index is 10.8. The Bertz CT molecular complexity index is 395. The molecule has 1 aromatic rings. The predicted molar refractivity (Wildman–Crippen MR) is 49.0 cm³/mol. The van der Waals surface area contributed by atoms with Gasteiger partial charge in [0.25, 0.3) is 0 Å². The van der Waals surface area contributed by atoms with Gasteiger partial charge in [0.15, 0.2) is 5.78 Å². The lowest BCUT2D eigenvalue weighted by molar-refractivity contribution is -0.386. The molecule has 14 heavy (non-hydrogen) atoms. The summed E-state index contributed by atoms with van der Waals surface area (Å²) in [5.41, 5.74) is 0.753. The summed E-state index contributed by atoms with van der Waals surface area (Å²) in [4.78, 5) is 21.0. The zero-order valence-electron chi connectivity index (χ0n) is 8.27. The molecule has 0 saturated carbocycles. The lowest BCUT2D eigenvalue weighted by Crippen LogP contribution is -2.09. The second kappa shape index (κ2) is 3.57. The standard InChI is InChI=1S/C8H11N3O3/c1-5(12)4-10-7(3)8(11(13)14)6(2)9-10/h4H2,1-3H3. The average Bonchev–Trinajstić information content (AvgIpc) is 2.25. The first-order valence-corrected chi connectivity index (χ1v) is 4.11. The monoisotopic (exact) mass is 197 g/mol. The van der Waals surface area contributed by atoms with Gasteiger partial charge in [0.2, 0.25) is 0 Å². The molecule has 0 amide bonds. The molecule has 1 heterocycles. The minimum Gasteiger partial charge on any atom is -0.298 e. The van der Waals surface area contributed by atoms with Crippen LogP contribution in [-0.4, -0.2) is 20.5 Å². The Kier molecular flexibility index (Phi) is 2.64. The zero-order valence-corrected chi connectivity index (χ0v) is 8.27. The average molecular weight is 197 g/mol. The van der Waals surface area contributed by atoms with Crippen LogP contribution in [0.25, 0.3) is 0 Å². The van der Waals surface area contributed by atoms with Gasteiger partial charge in [-0.15, -0.1) is 0 Å². The van der Waals surface area contributed by atoms with E-state index in [1.165, 1.54) is 11.6 Å². The van der Waals surface area contributed by atoms with Crippen LogP contribution in [0.5, 0.6) is 0 Å². The van der Waals surface area contributed by atoms with E-state index in [2.05, 4.69) is 5.10 Å². The number of hydrogen-bond donors (Lipinski definition) is 0. The number of aryl methyl sites for hydroxylation is 1. The molecule has 0 aliphatic carbocycles. The summed E-state index contributed by atoms with van der Waals surface area (Å²) in [6.07, 6.45) is 0. The van der Waals surface area contributed by atoms with E-state index < -0.39 is 4.92 Å². The van der Waals surface area contributed by atoms with Crippen molar-refractivity contribution >= 4 is 11.5 Å². The van der Waals surface area contributed by atoms with E-state index in [0.29, 0.717) is 11.4 Å². The quantitative estimate of drug-likeness (QED) is 0.534. The van der Waals surface area contributed by atoms with E-state index in [9.17, 15) is 14.9 Å². The molecule has 0 bridgehead atoms. The highest BCUT2D eigenvalue weighted by atomic mass is 16.6. The van der Waals surface area contributed by atoms with Crippen LogP contribution in [0.3, 0.4) is 0 Å². The Labute approximate surface area is 80.7 Å². The van der Waals surface area contributed by atoms with Crippen molar-refractivity contribution in [2.75, 3.05) is 0 Å². The molecule has 0 fully saturated rings. The Morgan fingerprint density at radius 2 is 2.14 bits per heavy atom. The minimum atomic E-state index is -0.478. The molecule has 0 spiro atoms. The first kappa shape index (κ1) is 10.4. The number of aromatic nitrogens is 2. The molecule has 6 heteroatoms. The molecule has 0 atom stereocenters. The Morgan fingerprint density at radius 1 is 1.57 bits per heavy atom. The largest absolute Gasteiger partial charge is 0.312 e. The number of carbonyl (C=O) groups excluding carboxylic acids is 1. The van der Waals surface area contributed by atoms with Gasteiger partial charge in [0, 0.05) is 0 Å². The second-order valence-electron chi connectivity index (χ2n) is 3.14. The number of Topliss-reactive ketones (excluding diaryl/α,β-unsaturated/α-hetero) is 1. The molecule has 76 valence electrons. The summed E-state index contributed by atoms with van der Waals surface area (Å²) in [5, 5.41) is 14.5. The summed E-state index contributed by atoms with van der Waals surface area (Å²) in [6, 6.07) is 0. The van der Waals surface area contributed by atoms with Crippen molar-refractivity contribution in [3.8, 4) is 0 Å². The summed E-state index contributed by atoms with van der Waals surface area (Å²) >= 11 is 0. The fraction of sp³-hybridized carbons (Fsp3) is 0.500. The molecular weight excluding hydrogens is 186 g/mol. The fourth-order valence-electron chi connectivity index (χ4n) is 1.32. The van der Waals surface area contributed by atoms with Gasteiger partial charge in [-0.3, -0.25) is 19.6 Å². The Morgan fingerprint density at radius 3 is 2.50 bits per heavy atom.